The van der Waals surface area contributed by atoms with Gasteiger partial charge < -0.3 is 10.5 Å². The van der Waals surface area contributed by atoms with Crippen molar-refractivity contribution >= 4 is 17.3 Å². The summed E-state index contributed by atoms with van der Waals surface area (Å²) < 4.78 is 5.52. The minimum absolute atomic E-state index is 0.392. The van der Waals surface area contributed by atoms with Gasteiger partial charge in [0.15, 0.2) is 0 Å². The Morgan fingerprint density at radius 2 is 2.08 bits per heavy atom. The summed E-state index contributed by atoms with van der Waals surface area (Å²) in [5.41, 5.74) is 6.24. The van der Waals surface area contributed by atoms with Crippen molar-refractivity contribution < 1.29 is 4.74 Å². The van der Waals surface area contributed by atoms with Gasteiger partial charge in [0.05, 0.1) is 6.10 Å². The molecular formula is C9H10ClNO. The van der Waals surface area contributed by atoms with Crippen LogP contribution in [0.5, 0.6) is 5.75 Å². The van der Waals surface area contributed by atoms with Crippen LogP contribution in [-0.2, 0) is 0 Å². The van der Waals surface area contributed by atoms with Crippen LogP contribution in [0.4, 0.5) is 5.69 Å². The highest BCUT2D eigenvalue weighted by atomic mass is 35.5. The van der Waals surface area contributed by atoms with Crippen LogP contribution < -0.4 is 10.5 Å². The molecule has 0 heterocycles. The Morgan fingerprint density at radius 1 is 1.33 bits per heavy atom. The lowest BCUT2D eigenvalue weighted by atomic mass is 10.3. The third-order valence-corrected chi connectivity index (χ3v) is 1.94. The van der Waals surface area contributed by atoms with Crippen LogP contribution in [0.2, 0.25) is 5.02 Å². The zero-order valence-electron chi connectivity index (χ0n) is 6.59. The molecule has 0 saturated heterocycles. The molecule has 1 saturated carbocycles. The first-order chi connectivity index (χ1) is 5.74. The van der Waals surface area contributed by atoms with Crippen LogP contribution in [0.3, 0.4) is 0 Å². The Morgan fingerprint density at radius 3 is 2.67 bits per heavy atom. The SMILES string of the molecule is Nc1cc(Cl)cc(OC2CC2)c1. The molecule has 1 aliphatic carbocycles. The van der Waals surface area contributed by atoms with Crippen LogP contribution in [0.15, 0.2) is 18.2 Å². The molecule has 1 aliphatic rings. The minimum Gasteiger partial charge on any atom is -0.490 e. The van der Waals surface area contributed by atoms with Gasteiger partial charge in [-0.3, -0.25) is 0 Å². The second kappa shape index (κ2) is 2.87. The Bertz CT molecular complexity index is 276. The summed E-state index contributed by atoms with van der Waals surface area (Å²) in [4.78, 5) is 0. The summed E-state index contributed by atoms with van der Waals surface area (Å²) >= 11 is 5.79. The Kier molecular flexibility index (Phi) is 1.85. The predicted molar refractivity (Wildman–Crippen MR) is 49.5 cm³/mol. The number of hydrogen-bond acceptors (Lipinski definition) is 2. The number of benzene rings is 1. The van der Waals surface area contributed by atoms with Crippen LogP contribution >= 0.6 is 11.6 Å². The lowest BCUT2D eigenvalue weighted by molar-refractivity contribution is 0.303. The fraction of sp³-hybridized carbons (Fsp3) is 0.333. The van der Waals surface area contributed by atoms with E-state index in [0.717, 1.165) is 18.6 Å². The third-order valence-electron chi connectivity index (χ3n) is 1.72. The normalized spacial score (nSPS) is 16.1. The Labute approximate surface area is 76.3 Å². The molecule has 64 valence electrons. The van der Waals surface area contributed by atoms with Gasteiger partial charge in [-0.2, -0.15) is 0 Å². The van der Waals surface area contributed by atoms with Crippen molar-refractivity contribution in [3.05, 3.63) is 23.2 Å². The molecule has 1 aromatic carbocycles. The van der Waals surface area contributed by atoms with Gasteiger partial charge in [-0.25, -0.2) is 0 Å². The van der Waals surface area contributed by atoms with Crippen molar-refractivity contribution in [1.29, 1.82) is 0 Å². The van der Waals surface area contributed by atoms with Gasteiger partial charge in [-0.05, 0) is 25.0 Å². The van der Waals surface area contributed by atoms with Gasteiger partial charge in [0, 0.05) is 16.8 Å². The molecule has 3 heteroatoms. The molecule has 0 aromatic heterocycles. The number of nitrogens with two attached hydrogens (primary N) is 1. The first-order valence-corrected chi connectivity index (χ1v) is 4.34. The highest BCUT2D eigenvalue weighted by Gasteiger charge is 2.23. The number of rotatable bonds is 2. The van der Waals surface area contributed by atoms with Gasteiger partial charge in [-0.1, -0.05) is 11.6 Å². The molecule has 0 spiro atoms. The maximum atomic E-state index is 5.79. The second-order valence-corrected chi connectivity index (χ2v) is 3.47. The van der Waals surface area contributed by atoms with E-state index in [0.29, 0.717) is 16.8 Å². The van der Waals surface area contributed by atoms with Crippen molar-refractivity contribution in [1.82, 2.24) is 0 Å². The van der Waals surface area contributed by atoms with Crippen LogP contribution in [-0.4, -0.2) is 6.10 Å². The largest absolute Gasteiger partial charge is 0.490 e. The first kappa shape index (κ1) is 7.74. The van der Waals surface area contributed by atoms with E-state index in [9.17, 15) is 0 Å². The topological polar surface area (TPSA) is 35.2 Å². The molecule has 12 heavy (non-hydrogen) atoms. The van der Waals surface area contributed by atoms with Crippen molar-refractivity contribution in [3.63, 3.8) is 0 Å². The highest BCUT2D eigenvalue weighted by Crippen LogP contribution is 2.29. The number of anilines is 1. The summed E-state index contributed by atoms with van der Waals surface area (Å²) in [5.74, 6) is 0.780. The summed E-state index contributed by atoms with van der Waals surface area (Å²) in [5, 5.41) is 0.630. The Hall–Kier alpha value is -0.890. The van der Waals surface area contributed by atoms with E-state index < -0.39 is 0 Å². The van der Waals surface area contributed by atoms with Gasteiger partial charge in [0.25, 0.3) is 0 Å². The van der Waals surface area contributed by atoms with E-state index in [1.165, 1.54) is 0 Å². The fourth-order valence-electron chi connectivity index (χ4n) is 1.03. The molecule has 0 radical (unpaired) electrons. The van der Waals surface area contributed by atoms with Gasteiger partial charge in [-0.15, -0.1) is 0 Å². The summed E-state index contributed by atoms with van der Waals surface area (Å²) in [7, 11) is 0. The molecule has 2 nitrogen and oxygen atoms in total. The van der Waals surface area contributed by atoms with Crippen molar-refractivity contribution in [3.8, 4) is 5.75 Å². The van der Waals surface area contributed by atoms with Crippen molar-refractivity contribution in [2.24, 2.45) is 0 Å². The molecule has 1 fully saturated rings. The lowest BCUT2D eigenvalue weighted by Gasteiger charge is -2.05. The quantitative estimate of drug-likeness (QED) is 0.715. The van der Waals surface area contributed by atoms with Crippen LogP contribution in [0.1, 0.15) is 12.8 Å². The molecule has 0 bridgehead atoms. The predicted octanol–water partition coefficient (Wildman–Crippen LogP) is 2.46. The van der Waals surface area contributed by atoms with E-state index in [1.807, 2.05) is 0 Å². The number of hydrogen-bond donors (Lipinski definition) is 1. The van der Waals surface area contributed by atoms with E-state index in [2.05, 4.69) is 0 Å². The highest BCUT2D eigenvalue weighted by molar-refractivity contribution is 6.31. The minimum atomic E-state index is 0.392. The summed E-state index contributed by atoms with van der Waals surface area (Å²) in [6.45, 7) is 0. The lowest BCUT2D eigenvalue weighted by Crippen LogP contribution is -1.96. The second-order valence-electron chi connectivity index (χ2n) is 3.04. The number of halogens is 1. The molecular weight excluding hydrogens is 174 g/mol. The monoisotopic (exact) mass is 183 g/mol. The maximum absolute atomic E-state index is 5.79. The van der Waals surface area contributed by atoms with Crippen molar-refractivity contribution in [2.75, 3.05) is 5.73 Å². The average Bonchev–Trinajstić information content (AvgIpc) is 2.68. The first-order valence-electron chi connectivity index (χ1n) is 3.97. The van der Waals surface area contributed by atoms with E-state index in [4.69, 9.17) is 22.1 Å². The van der Waals surface area contributed by atoms with Crippen molar-refractivity contribution in [2.45, 2.75) is 18.9 Å². The smallest absolute Gasteiger partial charge is 0.123 e. The molecule has 2 N–H and O–H groups in total. The van der Waals surface area contributed by atoms with Gasteiger partial charge >= 0.3 is 0 Å². The Balaban J connectivity index is 2.18. The molecule has 2 rings (SSSR count). The van der Waals surface area contributed by atoms with Crippen LogP contribution in [0.25, 0.3) is 0 Å². The molecule has 0 unspecified atom stereocenters. The van der Waals surface area contributed by atoms with Gasteiger partial charge in [0.2, 0.25) is 0 Å². The van der Waals surface area contributed by atoms with Crippen LogP contribution in [0, 0.1) is 0 Å². The molecule has 0 atom stereocenters. The molecule has 0 amide bonds. The van der Waals surface area contributed by atoms with E-state index in [-0.39, 0.29) is 0 Å². The molecule has 1 aromatic rings. The van der Waals surface area contributed by atoms with E-state index in [1.54, 1.807) is 18.2 Å². The maximum Gasteiger partial charge on any atom is 0.123 e. The average molecular weight is 184 g/mol. The molecule has 0 aliphatic heterocycles. The summed E-state index contributed by atoms with van der Waals surface area (Å²) in [6, 6.07) is 5.29. The standard InChI is InChI=1S/C9H10ClNO/c10-6-3-7(11)5-9(4-6)12-8-1-2-8/h3-5,8H,1-2,11H2. The zero-order chi connectivity index (χ0) is 8.55. The number of nitrogen functional groups attached to an aromatic ring is 1. The zero-order valence-corrected chi connectivity index (χ0v) is 7.34. The summed E-state index contributed by atoms with van der Waals surface area (Å²) in [6.07, 6.45) is 2.68. The fourth-order valence-corrected chi connectivity index (χ4v) is 1.26. The van der Waals surface area contributed by atoms with Gasteiger partial charge in [0.1, 0.15) is 5.75 Å². The number of ether oxygens (including phenoxy) is 1. The van der Waals surface area contributed by atoms with E-state index >= 15 is 0 Å². The third kappa shape index (κ3) is 1.83.